The van der Waals surface area contributed by atoms with Crippen LogP contribution in [0, 0.1) is 0 Å². The van der Waals surface area contributed by atoms with E-state index in [0.29, 0.717) is 12.0 Å². The number of benzene rings is 1. The van der Waals surface area contributed by atoms with Crippen LogP contribution in [0.1, 0.15) is 12.0 Å². The lowest BCUT2D eigenvalue weighted by Crippen LogP contribution is -3.14. The second-order valence-electron chi connectivity index (χ2n) is 4.90. The number of quaternary nitrogens is 1. The van der Waals surface area contributed by atoms with Crippen molar-refractivity contribution in [1.82, 2.24) is 5.43 Å². The standard InChI is InChI=1S/C14H19N3O4/c18-12-2-1-11(13(19)9-12)10-15-16-14(20)3-4-17-5-7-21-8-6-17/h1-2,9-10,18-19H,3-8H2,(H,16,20)/p+1/b15-10+. The summed E-state index contributed by atoms with van der Waals surface area (Å²) in [6.07, 6.45) is 1.74. The fourth-order valence-corrected chi connectivity index (χ4v) is 2.07. The fourth-order valence-electron chi connectivity index (χ4n) is 2.07. The van der Waals surface area contributed by atoms with Crippen LogP contribution in [0.25, 0.3) is 0 Å². The van der Waals surface area contributed by atoms with Gasteiger partial charge in [0.2, 0.25) is 5.91 Å². The molecule has 7 heteroatoms. The molecular weight excluding hydrogens is 274 g/mol. The van der Waals surface area contributed by atoms with Crippen molar-refractivity contribution in [3.05, 3.63) is 23.8 Å². The zero-order valence-corrected chi connectivity index (χ0v) is 11.7. The van der Waals surface area contributed by atoms with Gasteiger partial charge >= 0.3 is 0 Å². The molecule has 4 N–H and O–H groups in total. The summed E-state index contributed by atoms with van der Waals surface area (Å²) in [7, 11) is 0. The van der Waals surface area contributed by atoms with Gasteiger partial charge < -0.3 is 19.8 Å². The Hall–Kier alpha value is -2.12. The molecule has 0 saturated carbocycles. The number of morpholine rings is 1. The molecule has 1 amide bonds. The summed E-state index contributed by atoms with van der Waals surface area (Å²) >= 11 is 0. The highest BCUT2D eigenvalue weighted by Crippen LogP contribution is 2.20. The van der Waals surface area contributed by atoms with Gasteiger partial charge in [-0.1, -0.05) is 0 Å². The minimum Gasteiger partial charge on any atom is -0.508 e. The fraction of sp³-hybridized carbons (Fsp3) is 0.429. The van der Waals surface area contributed by atoms with Crippen molar-refractivity contribution >= 4 is 12.1 Å². The third kappa shape index (κ3) is 5.05. The molecule has 7 nitrogen and oxygen atoms in total. The molecule has 0 aromatic heterocycles. The first-order valence-corrected chi connectivity index (χ1v) is 6.90. The number of ether oxygens (including phenoxy) is 1. The quantitative estimate of drug-likeness (QED) is 0.407. The number of rotatable bonds is 5. The molecule has 1 saturated heterocycles. The largest absolute Gasteiger partial charge is 0.508 e. The van der Waals surface area contributed by atoms with Crippen LogP contribution >= 0.6 is 0 Å². The summed E-state index contributed by atoms with van der Waals surface area (Å²) in [6.45, 7) is 4.11. The Kier molecular flexibility index (Phi) is 5.53. The number of carbonyl (C=O) groups is 1. The Morgan fingerprint density at radius 3 is 2.86 bits per heavy atom. The molecule has 1 aromatic rings. The number of nitrogens with one attached hydrogen (secondary N) is 2. The first-order chi connectivity index (χ1) is 10.1. The maximum Gasteiger partial charge on any atom is 0.245 e. The van der Waals surface area contributed by atoms with E-state index < -0.39 is 0 Å². The maximum absolute atomic E-state index is 11.6. The van der Waals surface area contributed by atoms with Crippen LogP contribution in [0.2, 0.25) is 0 Å². The van der Waals surface area contributed by atoms with Crippen molar-refractivity contribution in [1.29, 1.82) is 0 Å². The number of amides is 1. The molecule has 1 heterocycles. The number of phenolic OH excluding ortho intramolecular Hbond substituents is 2. The first kappa shape index (κ1) is 15.3. The molecule has 114 valence electrons. The number of aromatic hydroxyl groups is 2. The number of nitrogens with zero attached hydrogens (tertiary/aromatic N) is 1. The summed E-state index contributed by atoms with van der Waals surface area (Å²) in [5, 5.41) is 22.5. The Bertz CT molecular complexity index is 513. The summed E-state index contributed by atoms with van der Waals surface area (Å²) in [6, 6.07) is 4.16. The third-order valence-electron chi connectivity index (χ3n) is 3.31. The van der Waals surface area contributed by atoms with Gasteiger partial charge in [-0.15, -0.1) is 0 Å². The smallest absolute Gasteiger partial charge is 0.245 e. The van der Waals surface area contributed by atoms with Crippen LogP contribution in [0.5, 0.6) is 11.5 Å². The van der Waals surface area contributed by atoms with Crippen molar-refractivity contribution in [2.24, 2.45) is 5.10 Å². The zero-order valence-electron chi connectivity index (χ0n) is 11.7. The summed E-state index contributed by atoms with van der Waals surface area (Å²) in [5.74, 6) is -0.281. The molecule has 0 radical (unpaired) electrons. The van der Waals surface area contributed by atoms with Crippen LogP contribution in [0.4, 0.5) is 0 Å². The minimum absolute atomic E-state index is 0.0258. The van der Waals surface area contributed by atoms with Crippen molar-refractivity contribution in [2.75, 3.05) is 32.8 Å². The Labute approximate surface area is 122 Å². The molecule has 0 atom stereocenters. The van der Waals surface area contributed by atoms with Gasteiger partial charge in [0.05, 0.1) is 32.4 Å². The zero-order chi connectivity index (χ0) is 15.1. The molecule has 1 fully saturated rings. The summed E-state index contributed by atoms with van der Waals surface area (Å²) < 4.78 is 5.25. The average Bonchev–Trinajstić information content (AvgIpc) is 2.48. The Morgan fingerprint density at radius 2 is 2.14 bits per heavy atom. The molecule has 1 aromatic carbocycles. The van der Waals surface area contributed by atoms with Crippen molar-refractivity contribution < 1.29 is 24.6 Å². The SMILES string of the molecule is O=C(CC[NH+]1CCOCC1)N/N=C/c1ccc(O)cc1O. The van der Waals surface area contributed by atoms with E-state index >= 15 is 0 Å². The normalized spacial score (nSPS) is 16.2. The number of hydrogen-bond donors (Lipinski definition) is 4. The van der Waals surface area contributed by atoms with Crippen LogP contribution in [0.3, 0.4) is 0 Å². The van der Waals surface area contributed by atoms with Gasteiger partial charge in [0, 0.05) is 11.6 Å². The number of hydrogen-bond acceptors (Lipinski definition) is 5. The van der Waals surface area contributed by atoms with Gasteiger partial charge in [0.25, 0.3) is 0 Å². The van der Waals surface area contributed by atoms with Gasteiger partial charge in [0.15, 0.2) is 0 Å². The lowest BCUT2D eigenvalue weighted by molar-refractivity contribution is -0.907. The lowest BCUT2D eigenvalue weighted by Gasteiger charge is -2.23. The second-order valence-corrected chi connectivity index (χ2v) is 4.90. The van der Waals surface area contributed by atoms with Crippen LogP contribution in [-0.4, -0.2) is 55.2 Å². The molecular formula is C14H20N3O4+. The van der Waals surface area contributed by atoms with Gasteiger partial charge in [0.1, 0.15) is 24.6 Å². The molecule has 2 rings (SSSR count). The number of carbonyl (C=O) groups excluding carboxylic acids is 1. The monoisotopic (exact) mass is 294 g/mol. The predicted octanol–water partition coefficient (Wildman–Crippen LogP) is -1.15. The Morgan fingerprint density at radius 1 is 1.38 bits per heavy atom. The minimum atomic E-state index is -0.163. The summed E-state index contributed by atoms with van der Waals surface area (Å²) in [5.41, 5.74) is 2.85. The van der Waals surface area contributed by atoms with E-state index in [-0.39, 0.29) is 17.4 Å². The first-order valence-electron chi connectivity index (χ1n) is 6.90. The highest BCUT2D eigenvalue weighted by Gasteiger charge is 2.14. The van der Waals surface area contributed by atoms with Crippen LogP contribution in [0.15, 0.2) is 23.3 Å². The van der Waals surface area contributed by atoms with Gasteiger partial charge in [-0.3, -0.25) is 4.79 Å². The second kappa shape index (κ2) is 7.61. The number of hydrazone groups is 1. The van der Waals surface area contributed by atoms with Crippen LogP contribution in [-0.2, 0) is 9.53 Å². The molecule has 0 spiro atoms. The van der Waals surface area contributed by atoms with E-state index in [2.05, 4.69) is 10.5 Å². The van der Waals surface area contributed by atoms with E-state index in [1.807, 2.05) is 0 Å². The topological polar surface area (TPSA) is 95.6 Å². The maximum atomic E-state index is 11.6. The molecule has 0 bridgehead atoms. The van der Waals surface area contributed by atoms with Crippen LogP contribution < -0.4 is 10.3 Å². The van der Waals surface area contributed by atoms with Gasteiger partial charge in [-0.25, -0.2) is 5.43 Å². The van der Waals surface area contributed by atoms with Gasteiger partial charge in [-0.2, -0.15) is 5.10 Å². The molecule has 1 aliphatic rings. The molecule has 21 heavy (non-hydrogen) atoms. The highest BCUT2D eigenvalue weighted by atomic mass is 16.5. The lowest BCUT2D eigenvalue weighted by atomic mass is 10.2. The van der Waals surface area contributed by atoms with E-state index in [1.165, 1.54) is 29.3 Å². The van der Waals surface area contributed by atoms with E-state index in [1.54, 1.807) is 0 Å². The van der Waals surface area contributed by atoms with Crippen molar-refractivity contribution in [3.63, 3.8) is 0 Å². The molecule has 0 aliphatic carbocycles. The van der Waals surface area contributed by atoms with E-state index in [0.717, 1.165) is 32.8 Å². The predicted molar refractivity (Wildman–Crippen MR) is 76.5 cm³/mol. The van der Waals surface area contributed by atoms with Crippen molar-refractivity contribution in [3.8, 4) is 11.5 Å². The molecule has 1 aliphatic heterocycles. The highest BCUT2D eigenvalue weighted by molar-refractivity contribution is 5.85. The Balaban J connectivity index is 1.73. The van der Waals surface area contributed by atoms with E-state index in [4.69, 9.17) is 9.84 Å². The van der Waals surface area contributed by atoms with E-state index in [9.17, 15) is 9.90 Å². The third-order valence-corrected chi connectivity index (χ3v) is 3.31. The molecule has 0 unspecified atom stereocenters. The average molecular weight is 294 g/mol. The van der Waals surface area contributed by atoms with Crippen molar-refractivity contribution in [2.45, 2.75) is 6.42 Å². The summed E-state index contributed by atoms with van der Waals surface area (Å²) in [4.78, 5) is 13.0. The number of phenols is 2. The van der Waals surface area contributed by atoms with Gasteiger partial charge in [-0.05, 0) is 12.1 Å².